The zero-order valence-electron chi connectivity index (χ0n) is 16.6. The van der Waals surface area contributed by atoms with Crippen LogP contribution in [-0.4, -0.2) is 29.0 Å². The lowest BCUT2D eigenvalue weighted by Crippen LogP contribution is -2.42. The third-order valence-electron chi connectivity index (χ3n) is 6.47. The van der Waals surface area contributed by atoms with Gasteiger partial charge in [-0.25, -0.2) is 4.98 Å². The Morgan fingerprint density at radius 1 is 0.966 bits per heavy atom. The van der Waals surface area contributed by atoms with Crippen LogP contribution in [0.2, 0.25) is 0 Å². The molecule has 2 atom stereocenters. The number of benzene rings is 1. The number of hydrogen-bond acceptors (Lipinski definition) is 4. The number of hydrogen-bond donors (Lipinski definition) is 1. The summed E-state index contributed by atoms with van der Waals surface area (Å²) in [5, 5.41) is 3.94. The summed E-state index contributed by atoms with van der Waals surface area (Å²) in [6, 6.07) is 13.7. The van der Waals surface area contributed by atoms with Gasteiger partial charge in [-0.1, -0.05) is 37.5 Å². The van der Waals surface area contributed by atoms with Crippen LogP contribution in [0.25, 0.3) is 10.9 Å². The second-order valence-corrected chi connectivity index (χ2v) is 8.32. The number of pyridine rings is 2. The summed E-state index contributed by atoms with van der Waals surface area (Å²) in [6.07, 6.45) is 10.2. The van der Waals surface area contributed by atoms with Crippen LogP contribution in [0, 0.1) is 11.8 Å². The minimum Gasteiger partial charge on any atom is -0.356 e. The molecular weight excluding hydrogens is 360 g/mol. The monoisotopic (exact) mass is 386 g/mol. The molecule has 1 saturated carbocycles. The van der Waals surface area contributed by atoms with Crippen LogP contribution in [0.4, 0.5) is 11.5 Å². The fourth-order valence-corrected chi connectivity index (χ4v) is 4.86. The number of amides is 1. The molecule has 0 spiro atoms. The topological polar surface area (TPSA) is 58.1 Å². The molecule has 0 bridgehead atoms. The summed E-state index contributed by atoms with van der Waals surface area (Å²) in [4.78, 5) is 24.0. The standard InChI is InChI=1S/C24H26N4O/c29-24(27-21-13-18-6-3-4-8-22(18)25-15-21)19-9-10-23(26-14-19)28-12-11-17-5-1-2-7-20(17)16-28/h3-4,6,8-10,13-15,17,20H,1-2,5,7,11-12,16H2,(H,27,29)/t17-,20-/m0/s1. The average Bonchev–Trinajstić information content (AvgIpc) is 2.79. The summed E-state index contributed by atoms with van der Waals surface area (Å²) >= 11 is 0. The number of aromatic nitrogens is 2. The van der Waals surface area contributed by atoms with E-state index < -0.39 is 0 Å². The molecule has 29 heavy (non-hydrogen) atoms. The normalized spacial score (nSPS) is 21.6. The van der Waals surface area contributed by atoms with Gasteiger partial charge in [-0.2, -0.15) is 0 Å². The zero-order valence-corrected chi connectivity index (χ0v) is 16.6. The molecule has 1 aliphatic heterocycles. The molecule has 3 aromatic rings. The van der Waals surface area contributed by atoms with Gasteiger partial charge < -0.3 is 10.2 Å². The lowest BCUT2D eigenvalue weighted by Gasteiger charge is -2.41. The van der Waals surface area contributed by atoms with Gasteiger partial charge in [-0.15, -0.1) is 0 Å². The average molecular weight is 386 g/mol. The highest BCUT2D eigenvalue weighted by molar-refractivity contribution is 6.04. The van der Waals surface area contributed by atoms with Crippen molar-refractivity contribution in [1.29, 1.82) is 0 Å². The lowest BCUT2D eigenvalue weighted by atomic mass is 9.75. The van der Waals surface area contributed by atoms with E-state index in [-0.39, 0.29) is 5.91 Å². The van der Waals surface area contributed by atoms with Crippen LogP contribution in [-0.2, 0) is 0 Å². The van der Waals surface area contributed by atoms with Crippen LogP contribution in [0.5, 0.6) is 0 Å². The number of anilines is 2. The molecule has 148 valence electrons. The molecule has 1 aromatic carbocycles. The molecule has 0 unspecified atom stereocenters. The summed E-state index contributed by atoms with van der Waals surface area (Å²) in [7, 11) is 0. The van der Waals surface area contributed by atoms with Crippen molar-refractivity contribution in [1.82, 2.24) is 9.97 Å². The fourth-order valence-electron chi connectivity index (χ4n) is 4.86. The second-order valence-electron chi connectivity index (χ2n) is 8.32. The SMILES string of the molecule is O=C(Nc1cnc2ccccc2c1)c1ccc(N2CC[C@@H]3CCCC[C@H]3C2)nc1. The number of piperidine rings is 1. The van der Waals surface area contributed by atoms with E-state index in [1.165, 1.54) is 32.1 Å². The van der Waals surface area contributed by atoms with Crippen LogP contribution in [0.3, 0.4) is 0 Å². The molecule has 5 rings (SSSR count). The number of fused-ring (bicyclic) bond motifs is 2. The van der Waals surface area contributed by atoms with Gasteiger partial charge in [0.25, 0.3) is 5.91 Å². The fraction of sp³-hybridized carbons (Fsp3) is 0.375. The van der Waals surface area contributed by atoms with Gasteiger partial charge in [-0.05, 0) is 48.9 Å². The summed E-state index contributed by atoms with van der Waals surface area (Å²) in [6.45, 7) is 2.18. The quantitative estimate of drug-likeness (QED) is 0.696. The zero-order chi connectivity index (χ0) is 19.6. The van der Waals surface area contributed by atoms with Gasteiger partial charge >= 0.3 is 0 Å². The lowest BCUT2D eigenvalue weighted by molar-refractivity contribution is 0.102. The molecule has 1 saturated heterocycles. The molecule has 2 aliphatic rings. The van der Waals surface area contributed by atoms with Crippen molar-refractivity contribution >= 4 is 28.3 Å². The van der Waals surface area contributed by atoms with Gasteiger partial charge in [-0.3, -0.25) is 9.78 Å². The Bertz CT molecular complexity index is 1020. The van der Waals surface area contributed by atoms with Crippen LogP contribution < -0.4 is 10.2 Å². The smallest absolute Gasteiger partial charge is 0.257 e. The molecule has 2 aromatic heterocycles. The maximum Gasteiger partial charge on any atom is 0.257 e. The van der Waals surface area contributed by atoms with E-state index in [0.717, 1.165) is 41.6 Å². The van der Waals surface area contributed by atoms with Crippen molar-refractivity contribution in [2.24, 2.45) is 11.8 Å². The van der Waals surface area contributed by atoms with Crippen LogP contribution in [0.1, 0.15) is 42.5 Å². The Labute approximate surface area is 171 Å². The first kappa shape index (κ1) is 18.1. The number of carbonyl (C=O) groups is 1. The maximum absolute atomic E-state index is 12.6. The summed E-state index contributed by atoms with van der Waals surface area (Å²) in [5.41, 5.74) is 2.17. The van der Waals surface area contributed by atoms with Gasteiger partial charge in [0.05, 0.1) is 23.0 Å². The van der Waals surface area contributed by atoms with Gasteiger partial charge in [0, 0.05) is 24.7 Å². The third-order valence-corrected chi connectivity index (χ3v) is 6.47. The van der Waals surface area contributed by atoms with E-state index in [0.29, 0.717) is 11.3 Å². The maximum atomic E-state index is 12.6. The Morgan fingerprint density at radius 3 is 2.69 bits per heavy atom. The first-order chi connectivity index (χ1) is 14.3. The molecule has 1 aliphatic carbocycles. The van der Waals surface area contributed by atoms with Gasteiger partial charge in [0.1, 0.15) is 5.82 Å². The number of nitrogens with zero attached hydrogens (tertiary/aromatic N) is 3. The minimum atomic E-state index is -0.160. The Morgan fingerprint density at radius 2 is 1.83 bits per heavy atom. The second kappa shape index (κ2) is 7.82. The number of carbonyl (C=O) groups excluding carboxylic acids is 1. The predicted molar refractivity (Wildman–Crippen MR) is 116 cm³/mol. The van der Waals surface area contributed by atoms with E-state index in [2.05, 4.69) is 20.2 Å². The highest BCUT2D eigenvalue weighted by Gasteiger charge is 2.31. The van der Waals surface area contributed by atoms with Gasteiger partial charge in [0.2, 0.25) is 0 Å². The number of nitrogens with one attached hydrogen (secondary N) is 1. The van der Waals surface area contributed by atoms with E-state index in [9.17, 15) is 4.79 Å². The highest BCUT2D eigenvalue weighted by atomic mass is 16.1. The largest absolute Gasteiger partial charge is 0.356 e. The molecule has 1 amide bonds. The number of rotatable bonds is 3. The molecule has 1 N–H and O–H groups in total. The Balaban J connectivity index is 1.26. The number of para-hydroxylation sites is 1. The van der Waals surface area contributed by atoms with Crippen molar-refractivity contribution in [2.75, 3.05) is 23.3 Å². The van der Waals surface area contributed by atoms with Crippen molar-refractivity contribution in [3.05, 3.63) is 60.4 Å². The highest BCUT2D eigenvalue weighted by Crippen LogP contribution is 2.37. The van der Waals surface area contributed by atoms with Crippen molar-refractivity contribution in [2.45, 2.75) is 32.1 Å². The van der Waals surface area contributed by atoms with E-state index >= 15 is 0 Å². The predicted octanol–water partition coefficient (Wildman–Crippen LogP) is 4.90. The minimum absolute atomic E-state index is 0.160. The Hall–Kier alpha value is -2.95. The van der Waals surface area contributed by atoms with E-state index in [4.69, 9.17) is 0 Å². The summed E-state index contributed by atoms with van der Waals surface area (Å²) in [5.74, 6) is 2.54. The van der Waals surface area contributed by atoms with E-state index in [1.54, 1.807) is 12.4 Å². The molecule has 5 nitrogen and oxygen atoms in total. The Kier molecular flexibility index (Phi) is 4.88. The van der Waals surface area contributed by atoms with Crippen molar-refractivity contribution in [3.8, 4) is 0 Å². The van der Waals surface area contributed by atoms with Crippen molar-refractivity contribution < 1.29 is 4.79 Å². The molecule has 5 heteroatoms. The molecular formula is C24H26N4O. The van der Waals surface area contributed by atoms with Crippen LogP contribution >= 0.6 is 0 Å². The first-order valence-corrected chi connectivity index (χ1v) is 10.6. The molecule has 0 radical (unpaired) electrons. The summed E-state index contributed by atoms with van der Waals surface area (Å²) < 4.78 is 0. The first-order valence-electron chi connectivity index (χ1n) is 10.6. The third kappa shape index (κ3) is 3.82. The van der Waals surface area contributed by atoms with Gasteiger partial charge in [0.15, 0.2) is 0 Å². The molecule has 3 heterocycles. The van der Waals surface area contributed by atoms with Crippen LogP contribution in [0.15, 0.2) is 54.9 Å². The van der Waals surface area contributed by atoms with Crippen molar-refractivity contribution in [3.63, 3.8) is 0 Å². The molecule has 2 fully saturated rings. The van der Waals surface area contributed by atoms with E-state index in [1.807, 2.05) is 42.5 Å².